The monoisotopic (exact) mass is 328 g/mol. The number of anilines is 1. The van der Waals surface area contributed by atoms with Crippen molar-refractivity contribution in [2.24, 2.45) is 0 Å². The predicted octanol–water partition coefficient (Wildman–Crippen LogP) is 2.92. The maximum Gasteiger partial charge on any atom is 0.335 e. The van der Waals surface area contributed by atoms with E-state index in [4.69, 9.17) is 5.11 Å². The first-order valence-corrected chi connectivity index (χ1v) is 7.10. The number of halogens is 1. The van der Waals surface area contributed by atoms with Crippen molar-refractivity contribution in [1.29, 1.82) is 0 Å². The molecule has 1 N–H and O–H groups in total. The van der Waals surface area contributed by atoms with Gasteiger partial charge in [-0.3, -0.25) is 0 Å². The third kappa shape index (κ3) is 4.21. The number of nitrogens with zero attached hydrogens (tertiary/aromatic N) is 2. The van der Waals surface area contributed by atoms with Gasteiger partial charge in [-0.1, -0.05) is 0 Å². The summed E-state index contributed by atoms with van der Waals surface area (Å²) in [7, 11) is 4.10. The molecule has 1 rings (SSSR count). The van der Waals surface area contributed by atoms with E-state index in [0.717, 1.165) is 23.2 Å². The van der Waals surface area contributed by atoms with Crippen molar-refractivity contribution in [2.75, 3.05) is 32.1 Å². The Kier molecular flexibility index (Phi) is 5.82. The van der Waals surface area contributed by atoms with Crippen LogP contribution in [0, 0.1) is 0 Å². The number of benzene rings is 1. The molecule has 1 aromatic carbocycles. The molecule has 0 aliphatic heterocycles. The van der Waals surface area contributed by atoms with Gasteiger partial charge in [0.25, 0.3) is 0 Å². The third-order valence-corrected chi connectivity index (χ3v) is 3.64. The Morgan fingerprint density at radius 3 is 2.47 bits per heavy atom. The van der Waals surface area contributed by atoms with Crippen molar-refractivity contribution < 1.29 is 9.90 Å². The van der Waals surface area contributed by atoms with Crippen LogP contribution in [0.1, 0.15) is 24.2 Å². The van der Waals surface area contributed by atoms with Gasteiger partial charge in [-0.15, -0.1) is 0 Å². The van der Waals surface area contributed by atoms with Crippen LogP contribution in [0.3, 0.4) is 0 Å². The van der Waals surface area contributed by atoms with Crippen LogP contribution in [0.15, 0.2) is 22.7 Å². The molecule has 1 aromatic rings. The highest BCUT2D eigenvalue weighted by molar-refractivity contribution is 9.10. The van der Waals surface area contributed by atoms with Crippen molar-refractivity contribution >= 4 is 27.6 Å². The second kappa shape index (κ2) is 6.91. The largest absolute Gasteiger partial charge is 0.478 e. The van der Waals surface area contributed by atoms with Gasteiger partial charge in [0.15, 0.2) is 0 Å². The summed E-state index contributed by atoms with van der Waals surface area (Å²) in [4.78, 5) is 15.3. The maximum absolute atomic E-state index is 10.9. The molecule has 0 heterocycles. The van der Waals surface area contributed by atoms with Crippen molar-refractivity contribution in [3.8, 4) is 0 Å². The molecule has 0 aliphatic rings. The Morgan fingerprint density at radius 1 is 1.42 bits per heavy atom. The number of rotatable bonds is 6. The molecule has 0 aromatic heterocycles. The molecule has 4 nitrogen and oxygen atoms in total. The van der Waals surface area contributed by atoms with Gasteiger partial charge in [-0.2, -0.15) is 0 Å². The van der Waals surface area contributed by atoms with Crippen molar-refractivity contribution in [3.05, 3.63) is 28.2 Å². The molecule has 1 unspecified atom stereocenters. The zero-order valence-electron chi connectivity index (χ0n) is 11.9. The normalized spacial score (nSPS) is 12.5. The van der Waals surface area contributed by atoms with E-state index in [9.17, 15) is 4.79 Å². The van der Waals surface area contributed by atoms with Crippen LogP contribution in [0.25, 0.3) is 0 Å². The van der Waals surface area contributed by atoms with Crippen LogP contribution in [0.5, 0.6) is 0 Å². The molecule has 0 saturated heterocycles. The van der Waals surface area contributed by atoms with Crippen LogP contribution in [0.2, 0.25) is 0 Å². The fraction of sp³-hybridized carbons (Fsp3) is 0.500. The number of likely N-dealkylation sites (N-methyl/N-ethyl adjacent to an activating group) is 2. The zero-order chi connectivity index (χ0) is 14.6. The molecule has 0 amide bonds. The molecule has 0 saturated carbocycles. The first-order chi connectivity index (χ1) is 8.86. The Balaban J connectivity index is 3.02. The van der Waals surface area contributed by atoms with E-state index in [1.165, 1.54) is 0 Å². The summed E-state index contributed by atoms with van der Waals surface area (Å²) in [6.45, 7) is 6.09. The van der Waals surface area contributed by atoms with E-state index >= 15 is 0 Å². The van der Waals surface area contributed by atoms with Gasteiger partial charge in [0.05, 0.1) is 11.3 Å². The Morgan fingerprint density at radius 2 is 2.05 bits per heavy atom. The van der Waals surface area contributed by atoms with Gasteiger partial charge >= 0.3 is 5.97 Å². The van der Waals surface area contributed by atoms with Gasteiger partial charge in [0.1, 0.15) is 0 Å². The first kappa shape index (κ1) is 16.0. The van der Waals surface area contributed by atoms with E-state index in [1.54, 1.807) is 12.1 Å². The summed E-state index contributed by atoms with van der Waals surface area (Å²) in [5.74, 6) is -0.906. The fourth-order valence-corrected chi connectivity index (χ4v) is 2.83. The average molecular weight is 329 g/mol. The van der Waals surface area contributed by atoms with Crippen molar-refractivity contribution in [1.82, 2.24) is 4.90 Å². The highest BCUT2D eigenvalue weighted by Crippen LogP contribution is 2.29. The van der Waals surface area contributed by atoms with Gasteiger partial charge < -0.3 is 14.9 Å². The summed E-state index contributed by atoms with van der Waals surface area (Å²) in [6, 6.07) is 5.52. The minimum Gasteiger partial charge on any atom is -0.478 e. The van der Waals surface area contributed by atoms with Gasteiger partial charge in [0.2, 0.25) is 0 Å². The van der Waals surface area contributed by atoms with Gasteiger partial charge in [0, 0.05) is 23.6 Å². The number of carboxylic acid groups (broad SMARTS) is 1. The van der Waals surface area contributed by atoms with E-state index in [1.807, 2.05) is 20.2 Å². The summed E-state index contributed by atoms with van der Waals surface area (Å²) in [6.07, 6.45) is 0. The van der Waals surface area contributed by atoms with Crippen LogP contribution >= 0.6 is 15.9 Å². The molecule has 5 heteroatoms. The molecule has 1 atom stereocenters. The Labute approximate surface area is 123 Å². The molecule has 106 valence electrons. The SMILES string of the molecule is CCN(c1ccc(C(=O)O)cc1Br)C(C)CN(C)C. The zero-order valence-corrected chi connectivity index (χ0v) is 13.4. The lowest BCUT2D eigenvalue weighted by molar-refractivity contribution is 0.0697. The van der Waals surface area contributed by atoms with Crippen LogP contribution < -0.4 is 4.90 Å². The summed E-state index contributed by atoms with van der Waals surface area (Å²) >= 11 is 3.47. The minimum atomic E-state index is -0.906. The number of hydrogen-bond donors (Lipinski definition) is 1. The third-order valence-electron chi connectivity index (χ3n) is 3.01. The first-order valence-electron chi connectivity index (χ1n) is 6.31. The topological polar surface area (TPSA) is 43.8 Å². The molecule has 0 spiro atoms. The molecule has 0 radical (unpaired) electrons. The molecule has 19 heavy (non-hydrogen) atoms. The fourth-order valence-electron chi connectivity index (χ4n) is 2.22. The van der Waals surface area contributed by atoms with Crippen LogP contribution in [-0.2, 0) is 0 Å². The average Bonchev–Trinajstić information content (AvgIpc) is 2.30. The highest BCUT2D eigenvalue weighted by Gasteiger charge is 2.17. The highest BCUT2D eigenvalue weighted by atomic mass is 79.9. The van der Waals surface area contributed by atoms with E-state index in [0.29, 0.717) is 11.6 Å². The predicted molar refractivity (Wildman–Crippen MR) is 82.1 cm³/mol. The number of aromatic carboxylic acids is 1. The Bertz CT molecular complexity index is 449. The lowest BCUT2D eigenvalue weighted by Gasteiger charge is -2.32. The lowest BCUT2D eigenvalue weighted by atomic mass is 10.1. The standard InChI is InChI=1S/C14H21BrN2O2/c1-5-17(10(2)9-16(3)4)13-7-6-11(14(18)19)8-12(13)15/h6-8,10H,5,9H2,1-4H3,(H,18,19). The number of carboxylic acids is 1. The molecular weight excluding hydrogens is 308 g/mol. The molecule has 0 aliphatic carbocycles. The molecule has 0 fully saturated rings. The maximum atomic E-state index is 10.9. The number of hydrogen-bond acceptors (Lipinski definition) is 3. The van der Waals surface area contributed by atoms with Crippen molar-refractivity contribution in [2.45, 2.75) is 19.9 Å². The van der Waals surface area contributed by atoms with E-state index < -0.39 is 5.97 Å². The van der Waals surface area contributed by atoms with E-state index in [-0.39, 0.29) is 0 Å². The summed E-state index contributed by atoms with van der Waals surface area (Å²) < 4.78 is 0.819. The second-order valence-electron chi connectivity index (χ2n) is 4.87. The molecule has 0 bridgehead atoms. The lowest BCUT2D eigenvalue weighted by Crippen LogP contribution is -2.40. The second-order valence-corrected chi connectivity index (χ2v) is 5.72. The van der Waals surface area contributed by atoms with Crippen LogP contribution in [0.4, 0.5) is 5.69 Å². The smallest absolute Gasteiger partial charge is 0.335 e. The van der Waals surface area contributed by atoms with E-state index in [2.05, 4.69) is 39.6 Å². The number of carbonyl (C=O) groups is 1. The minimum absolute atomic E-state index is 0.298. The van der Waals surface area contributed by atoms with Crippen molar-refractivity contribution in [3.63, 3.8) is 0 Å². The summed E-state index contributed by atoms with van der Waals surface area (Å²) in [5.41, 5.74) is 1.33. The quantitative estimate of drug-likeness (QED) is 0.872. The summed E-state index contributed by atoms with van der Waals surface area (Å²) in [5, 5.41) is 8.98. The Hall–Kier alpha value is -1.07. The van der Waals surface area contributed by atoms with Gasteiger partial charge in [-0.25, -0.2) is 4.79 Å². The molecular formula is C14H21BrN2O2. The van der Waals surface area contributed by atoms with Gasteiger partial charge in [-0.05, 0) is 62.1 Å². The van der Waals surface area contributed by atoms with Crippen LogP contribution in [-0.4, -0.2) is 49.2 Å².